The minimum absolute atomic E-state index is 0.161. The van der Waals surface area contributed by atoms with Crippen molar-refractivity contribution in [1.82, 2.24) is 19.9 Å². The molecular formula is C24H25N5O2. The fourth-order valence-corrected chi connectivity index (χ4v) is 4.62. The quantitative estimate of drug-likeness (QED) is 0.553. The van der Waals surface area contributed by atoms with E-state index in [0.717, 1.165) is 66.9 Å². The van der Waals surface area contributed by atoms with Crippen molar-refractivity contribution in [2.45, 2.75) is 18.9 Å². The molecule has 7 nitrogen and oxygen atoms in total. The van der Waals surface area contributed by atoms with E-state index >= 15 is 0 Å². The molecule has 0 bridgehead atoms. The van der Waals surface area contributed by atoms with Crippen LogP contribution in [0.25, 0.3) is 16.4 Å². The van der Waals surface area contributed by atoms with Gasteiger partial charge in [0.25, 0.3) is 0 Å². The Hall–Kier alpha value is -3.32. The molecule has 7 heteroatoms. The summed E-state index contributed by atoms with van der Waals surface area (Å²) in [5.41, 5.74) is 3.44. The highest BCUT2D eigenvalue weighted by Crippen LogP contribution is 2.32. The highest BCUT2D eigenvalue weighted by atomic mass is 16.5. The Morgan fingerprint density at radius 2 is 1.74 bits per heavy atom. The van der Waals surface area contributed by atoms with Crippen molar-refractivity contribution in [3.63, 3.8) is 0 Å². The van der Waals surface area contributed by atoms with E-state index in [1.165, 1.54) is 17.1 Å². The molecule has 0 saturated carbocycles. The van der Waals surface area contributed by atoms with E-state index in [1.54, 1.807) is 7.11 Å². The van der Waals surface area contributed by atoms with Gasteiger partial charge in [0.15, 0.2) is 5.65 Å². The number of hydrogen-bond donors (Lipinski definition) is 1. The fraction of sp³-hybridized carbons (Fsp3) is 0.333. The van der Waals surface area contributed by atoms with E-state index in [9.17, 15) is 0 Å². The molecule has 0 spiro atoms. The first-order valence-corrected chi connectivity index (χ1v) is 10.8. The van der Waals surface area contributed by atoms with Gasteiger partial charge in [-0.25, -0.2) is 4.98 Å². The summed E-state index contributed by atoms with van der Waals surface area (Å²) in [5.74, 6) is 2.95. The maximum atomic E-state index is 6.30. The zero-order chi connectivity index (χ0) is 20.8. The van der Waals surface area contributed by atoms with Crippen molar-refractivity contribution in [3.8, 4) is 11.5 Å². The molecule has 158 valence electrons. The smallest absolute Gasteiger partial charge is 0.157 e. The Morgan fingerprint density at radius 3 is 2.58 bits per heavy atom. The normalized spacial score (nSPS) is 16.7. The summed E-state index contributed by atoms with van der Waals surface area (Å²) >= 11 is 0. The Bertz CT molecular complexity index is 1260. The van der Waals surface area contributed by atoms with E-state index in [-0.39, 0.29) is 6.10 Å². The summed E-state index contributed by atoms with van der Waals surface area (Å²) in [6.07, 6.45) is 3.93. The molecule has 0 unspecified atom stereocenters. The number of ether oxygens (including phenoxy) is 2. The zero-order valence-corrected chi connectivity index (χ0v) is 17.5. The third-order valence-electron chi connectivity index (χ3n) is 6.25. The van der Waals surface area contributed by atoms with Gasteiger partial charge in [-0.2, -0.15) is 9.61 Å². The van der Waals surface area contributed by atoms with Crippen LogP contribution in [-0.2, 0) is 12.8 Å². The average Bonchev–Trinajstić information content (AvgIpc) is 3.11. The molecule has 0 amide bonds. The fourth-order valence-electron chi connectivity index (χ4n) is 4.62. The molecule has 4 heterocycles. The monoisotopic (exact) mass is 415 g/mol. The first-order valence-electron chi connectivity index (χ1n) is 10.8. The van der Waals surface area contributed by atoms with E-state index in [4.69, 9.17) is 14.5 Å². The van der Waals surface area contributed by atoms with Gasteiger partial charge in [-0.3, -0.25) is 0 Å². The lowest BCUT2D eigenvalue weighted by Crippen LogP contribution is -2.55. The third-order valence-corrected chi connectivity index (χ3v) is 6.25. The Labute approximate surface area is 180 Å². The molecule has 2 aliphatic heterocycles. The van der Waals surface area contributed by atoms with E-state index in [1.807, 2.05) is 35.0 Å². The van der Waals surface area contributed by atoms with Gasteiger partial charge in [-0.15, -0.1) is 0 Å². The molecule has 0 atom stereocenters. The summed E-state index contributed by atoms with van der Waals surface area (Å²) in [5, 5.41) is 10.3. The van der Waals surface area contributed by atoms with Gasteiger partial charge in [0.1, 0.15) is 23.4 Å². The molecule has 4 aromatic rings. The Morgan fingerprint density at radius 1 is 0.968 bits per heavy atom. The van der Waals surface area contributed by atoms with Crippen molar-refractivity contribution in [2.75, 3.05) is 38.2 Å². The predicted octanol–water partition coefficient (Wildman–Crippen LogP) is 2.85. The van der Waals surface area contributed by atoms with E-state index in [0.29, 0.717) is 0 Å². The third kappa shape index (κ3) is 3.25. The van der Waals surface area contributed by atoms with Gasteiger partial charge in [-0.1, -0.05) is 12.1 Å². The molecule has 2 aliphatic rings. The van der Waals surface area contributed by atoms with Crippen LogP contribution in [0.2, 0.25) is 0 Å². The molecular weight excluding hydrogens is 390 g/mol. The van der Waals surface area contributed by atoms with Crippen molar-refractivity contribution >= 4 is 22.2 Å². The zero-order valence-electron chi connectivity index (χ0n) is 17.5. The highest BCUT2D eigenvalue weighted by Gasteiger charge is 2.33. The lowest BCUT2D eigenvalue weighted by Gasteiger charge is -2.41. The Kier molecular flexibility index (Phi) is 4.42. The van der Waals surface area contributed by atoms with Crippen molar-refractivity contribution in [2.24, 2.45) is 0 Å². The topological polar surface area (TPSA) is 63.9 Å². The van der Waals surface area contributed by atoms with Crippen LogP contribution in [0, 0.1) is 0 Å². The maximum absolute atomic E-state index is 6.30. The number of fused-ring (bicyclic) bond motifs is 3. The second kappa shape index (κ2) is 7.42. The SMILES string of the molecule is COc1ccc2cc(OC3CN(c4c5c(nc6ccnn46)CCNCC5)C3)ccc2c1. The summed E-state index contributed by atoms with van der Waals surface area (Å²) in [6.45, 7) is 3.65. The number of nitrogens with zero attached hydrogens (tertiary/aromatic N) is 4. The highest BCUT2D eigenvalue weighted by molar-refractivity contribution is 5.85. The van der Waals surface area contributed by atoms with Crippen molar-refractivity contribution < 1.29 is 9.47 Å². The van der Waals surface area contributed by atoms with Crippen molar-refractivity contribution in [3.05, 3.63) is 59.9 Å². The van der Waals surface area contributed by atoms with Crippen LogP contribution in [-0.4, -0.2) is 54.0 Å². The lowest BCUT2D eigenvalue weighted by atomic mass is 10.1. The first-order chi connectivity index (χ1) is 15.3. The largest absolute Gasteiger partial charge is 0.497 e. The molecule has 0 aliphatic carbocycles. The number of benzene rings is 2. The van der Waals surface area contributed by atoms with E-state index in [2.05, 4.69) is 33.5 Å². The van der Waals surface area contributed by atoms with E-state index < -0.39 is 0 Å². The number of rotatable bonds is 4. The van der Waals surface area contributed by atoms with Gasteiger partial charge >= 0.3 is 0 Å². The number of anilines is 1. The van der Waals surface area contributed by atoms with Crippen molar-refractivity contribution in [1.29, 1.82) is 0 Å². The van der Waals surface area contributed by atoms with Gasteiger partial charge < -0.3 is 19.7 Å². The van der Waals surface area contributed by atoms with Crippen LogP contribution in [0.15, 0.2) is 48.7 Å². The molecule has 2 aromatic heterocycles. The van der Waals surface area contributed by atoms with Gasteiger partial charge in [-0.05, 0) is 48.0 Å². The molecule has 1 saturated heterocycles. The van der Waals surface area contributed by atoms with Crippen LogP contribution >= 0.6 is 0 Å². The van der Waals surface area contributed by atoms with Crippen LogP contribution in [0.4, 0.5) is 5.82 Å². The number of nitrogens with one attached hydrogen (secondary N) is 1. The average molecular weight is 415 g/mol. The summed E-state index contributed by atoms with van der Waals surface area (Å²) < 4.78 is 13.6. The molecule has 1 N–H and O–H groups in total. The van der Waals surface area contributed by atoms with Gasteiger partial charge in [0.05, 0.1) is 32.1 Å². The van der Waals surface area contributed by atoms with Crippen LogP contribution < -0.4 is 19.7 Å². The Balaban J connectivity index is 1.23. The number of hydrogen-bond acceptors (Lipinski definition) is 6. The van der Waals surface area contributed by atoms with Crippen LogP contribution in [0.1, 0.15) is 11.3 Å². The second-order valence-corrected chi connectivity index (χ2v) is 8.23. The van der Waals surface area contributed by atoms with Gasteiger partial charge in [0, 0.05) is 24.6 Å². The molecule has 0 radical (unpaired) electrons. The molecule has 2 aromatic carbocycles. The standard InChI is InChI=1S/C24H25N5O2/c1-30-18-4-2-17-13-19(5-3-16(17)12-18)31-20-14-28(15-20)24-21-6-9-25-10-7-22(21)27-23-8-11-26-29(23)24/h2-5,8,11-13,20,25H,6-7,9-10,14-15H2,1H3. The maximum Gasteiger partial charge on any atom is 0.157 e. The van der Waals surface area contributed by atoms with Gasteiger partial charge in [0.2, 0.25) is 0 Å². The molecule has 31 heavy (non-hydrogen) atoms. The summed E-state index contributed by atoms with van der Waals surface area (Å²) in [4.78, 5) is 7.24. The molecule has 6 rings (SSSR count). The summed E-state index contributed by atoms with van der Waals surface area (Å²) in [6, 6.07) is 14.3. The second-order valence-electron chi connectivity index (χ2n) is 8.23. The first kappa shape index (κ1) is 18.4. The summed E-state index contributed by atoms with van der Waals surface area (Å²) in [7, 11) is 1.69. The number of aromatic nitrogens is 3. The predicted molar refractivity (Wildman–Crippen MR) is 120 cm³/mol. The lowest BCUT2D eigenvalue weighted by molar-refractivity contribution is 0.166. The van der Waals surface area contributed by atoms with Crippen LogP contribution in [0.5, 0.6) is 11.5 Å². The molecule has 1 fully saturated rings. The number of methoxy groups -OCH3 is 1. The minimum atomic E-state index is 0.161. The minimum Gasteiger partial charge on any atom is -0.497 e. The van der Waals surface area contributed by atoms with Crippen LogP contribution in [0.3, 0.4) is 0 Å².